The van der Waals surface area contributed by atoms with Crippen LogP contribution in [0.2, 0.25) is 0 Å². The predicted molar refractivity (Wildman–Crippen MR) is 117 cm³/mol. The van der Waals surface area contributed by atoms with Gasteiger partial charge in [0.2, 0.25) is 5.71 Å². The first-order valence-corrected chi connectivity index (χ1v) is 9.50. The van der Waals surface area contributed by atoms with Crippen LogP contribution in [0.1, 0.15) is 0 Å². The number of anilines is 2. The fourth-order valence-corrected chi connectivity index (χ4v) is 3.62. The summed E-state index contributed by atoms with van der Waals surface area (Å²) >= 11 is 0. The average Bonchev–Trinajstić information content (AvgIpc) is 3.20. The largest absolute Gasteiger partial charge is 0.437 e. The molecule has 140 valence electrons. The van der Waals surface area contributed by atoms with Gasteiger partial charge < -0.3 is 9.32 Å². The number of furan rings is 1. The van der Waals surface area contributed by atoms with Crippen LogP contribution in [0.25, 0.3) is 33.6 Å². The summed E-state index contributed by atoms with van der Waals surface area (Å²) in [4.78, 5) is 11.1. The van der Waals surface area contributed by atoms with Gasteiger partial charge in [0.05, 0.1) is 5.39 Å². The van der Waals surface area contributed by atoms with Gasteiger partial charge in [-0.3, -0.25) is 0 Å². The lowest BCUT2D eigenvalue weighted by molar-refractivity contribution is 0.618. The van der Waals surface area contributed by atoms with Gasteiger partial charge in [-0.05, 0) is 17.7 Å². The van der Waals surface area contributed by atoms with Gasteiger partial charge in [-0.25, -0.2) is 9.97 Å². The molecule has 5 rings (SSSR count). The minimum absolute atomic E-state index is 0.579. The molecule has 0 amide bonds. The molecule has 0 radical (unpaired) electrons. The van der Waals surface area contributed by atoms with Gasteiger partial charge in [0.15, 0.2) is 0 Å². The van der Waals surface area contributed by atoms with Crippen LogP contribution in [0.15, 0.2) is 102 Å². The fourth-order valence-electron chi connectivity index (χ4n) is 3.62. The molecule has 2 heterocycles. The molecule has 4 heteroatoms. The van der Waals surface area contributed by atoms with Crippen molar-refractivity contribution in [1.82, 2.24) is 9.97 Å². The van der Waals surface area contributed by atoms with Crippen LogP contribution in [0, 0.1) is 0 Å². The second kappa shape index (κ2) is 7.24. The SMILES string of the molecule is CN(c1ccccc1)c1ncnc2oc(-c3ccccc3)c(-c3ccccc3)c12. The van der Waals surface area contributed by atoms with Gasteiger partial charge in [-0.1, -0.05) is 78.9 Å². The molecule has 0 saturated heterocycles. The fraction of sp³-hybridized carbons (Fsp3) is 0.0400. The van der Waals surface area contributed by atoms with E-state index in [0.29, 0.717) is 5.71 Å². The van der Waals surface area contributed by atoms with E-state index >= 15 is 0 Å². The quantitative estimate of drug-likeness (QED) is 0.367. The topological polar surface area (TPSA) is 42.2 Å². The lowest BCUT2D eigenvalue weighted by Gasteiger charge is -2.19. The van der Waals surface area contributed by atoms with Crippen molar-refractivity contribution in [2.45, 2.75) is 0 Å². The molecule has 0 fully saturated rings. The van der Waals surface area contributed by atoms with Gasteiger partial charge in [-0.15, -0.1) is 0 Å². The Hall–Kier alpha value is -3.92. The molecule has 4 nitrogen and oxygen atoms in total. The van der Waals surface area contributed by atoms with Crippen LogP contribution in [0.5, 0.6) is 0 Å². The van der Waals surface area contributed by atoms with Crippen molar-refractivity contribution >= 4 is 22.6 Å². The minimum atomic E-state index is 0.579. The highest BCUT2D eigenvalue weighted by Crippen LogP contribution is 2.43. The van der Waals surface area contributed by atoms with E-state index in [1.807, 2.05) is 61.6 Å². The van der Waals surface area contributed by atoms with Crippen LogP contribution >= 0.6 is 0 Å². The van der Waals surface area contributed by atoms with Crippen molar-refractivity contribution in [2.75, 3.05) is 11.9 Å². The molecule has 0 unspecified atom stereocenters. The van der Waals surface area contributed by atoms with Gasteiger partial charge in [0.25, 0.3) is 0 Å². The Bertz CT molecular complexity index is 1250. The average molecular weight is 377 g/mol. The number of benzene rings is 3. The van der Waals surface area contributed by atoms with Crippen LogP contribution in [0.3, 0.4) is 0 Å². The summed E-state index contributed by atoms with van der Waals surface area (Å²) in [5.41, 5.74) is 4.72. The van der Waals surface area contributed by atoms with Crippen molar-refractivity contribution < 1.29 is 4.42 Å². The highest BCUT2D eigenvalue weighted by atomic mass is 16.3. The van der Waals surface area contributed by atoms with E-state index in [-0.39, 0.29) is 0 Å². The van der Waals surface area contributed by atoms with Crippen LogP contribution in [-0.4, -0.2) is 17.0 Å². The predicted octanol–water partition coefficient (Wildman–Crippen LogP) is 6.32. The molecule has 3 aromatic carbocycles. The Kier molecular flexibility index (Phi) is 4.30. The first kappa shape index (κ1) is 17.2. The maximum Gasteiger partial charge on any atom is 0.232 e. The van der Waals surface area contributed by atoms with E-state index in [1.54, 1.807) is 6.33 Å². The van der Waals surface area contributed by atoms with Crippen molar-refractivity contribution in [3.8, 4) is 22.5 Å². The molecule has 0 spiro atoms. The van der Waals surface area contributed by atoms with Crippen molar-refractivity contribution in [2.24, 2.45) is 0 Å². The van der Waals surface area contributed by atoms with E-state index in [9.17, 15) is 0 Å². The Morgan fingerprint density at radius 1 is 0.690 bits per heavy atom. The third kappa shape index (κ3) is 3.05. The van der Waals surface area contributed by atoms with Crippen molar-refractivity contribution in [1.29, 1.82) is 0 Å². The number of aromatic nitrogens is 2. The first-order chi connectivity index (χ1) is 14.3. The van der Waals surface area contributed by atoms with Gasteiger partial charge >= 0.3 is 0 Å². The Balaban J connectivity index is 1.82. The molecule has 0 bridgehead atoms. The first-order valence-electron chi connectivity index (χ1n) is 9.50. The molecule has 0 aliphatic heterocycles. The van der Waals surface area contributed by atoms with E-state index in [1.165, 1.54) is 0 Å². The summed E-state index contributed by atoms with van der Waals surface area (Å²) in [6.45, 7) is 0. The molecule has 0 N–H and O–H groups in total. The minimum Gasteiger partial charge on any atom is -0.437 e. The van der Waals surface area contributed by atoms with Crippen molar-refractivity contribution in [3.63, 3.8) is 0 Å². The Labute approximate surface area is 169 Å². The van der Waals surface area contributed by atoms with E-state index in [0.717, 1.165) is 39.3 Å². The van der Waals surface area contributed by atoms with Crippen LogP contribution in [-0.2, 0) is 0 Å². The molecule has 0 saturated carbocycles. The summed E-state index contributed by atoms with van der Waals surface area (Å²) in [5, 5.41) is 0.906. The molecule has 0 aliphatic rings. The maximum atomic E-state index is 6.29. The number of hydrogen-bond acceptors (Lipinski definition) is 4. The Morgan fingerprint density at radius 2 is 1.28 bits per heavy atom. The van der Waals surface area contributed by atoms with Gasteiger partial charge in [-0.2, -0.15) is 0 Å². The standard InChI is InChI=1S/C25H19N3O/c1-28(20-15-9-4-10-16-20)24-22-21(18-11-5-2-6-12-18)23(19-13-7-3-8-14-19)29-25(22)27-17-26-24/h2-17H,1H3. The molecule has 0 aliphatic carbocycles. The number of nitrogens with zero attached hydrogens (tertiary/aromatic N) is 3. The highest BCUT2D eigenvalue weighted by Gasteiger charge is 2.23. The summed E-state index contributed by atoms with van der Waals surface area (Å²) in [6, 6.07) is 30.6. The third-order valence-corrected chi connectivity index (χ3v) is 5.03. The summed E-state index contributed by atoms with van der Waals surface area (Å²) < 4.78 is 6.29. The zero-order valence-corrected chi connectivity index (χ0v) is 16.0. The summed E-state index contributed by atoms with van der Waals surface area (Å²) in [5.74, 6) is 1.61. The number of para-hydroxylation sites is 1. The second-order valence-electron chi connectivity index (χ2n) is 6.81. The lowest BCUT2D eigenvalue weighted by atomic mass is 9.99. The molecule has 0 atom stereocenters. The lowest BCUT2D eigenvalue weighted by Crippen LogP contribution is -2.11. The second-order valence-corrected chi connectivity index (χ2v) is 6.81. The monoisotopic (exact) mass is 377 g/mol. The van der Waals surface area contributed by atoms with E-state index < -0.39 is 0 Å². The van der Waals surface area contributed by atoms with Crippen molar-refractivity contribution in [3.05, 3.63) is 97.3 Å². The molecule has 2 aromatic heterocycles. The van der Waals surface area contributed by atoms with Gasteiger partial charge in [0.1, 0.15) is 17.9 Å². The Morgan fingerprint density at radius 3 is 1.93 bits per heavy atom. The number of hydrogen-bond donors (Lipinski definition) is 0. The van der Waals surface area contributed by atoms with E-state index in [2.05, 4.69) is 51.3 Å². The smallest absolute Gasteiger partial charge is 0.232 e. The summed E-state index contributed by atoms with van der Waals surface area (Å²) in [6.07, 6.45) is 1.56. The summed E-state index contributed by atoms with van der Waals surface area (Å²) in [7, 11) is 2.01. The van der Waals surface area contributed by atoms with Crippen LogP contribution in [0.4, 0.5) is 11.5 Å². The highest BCUT2D eigenvalue weighted by molar-refractivity contribution is 6.06. The zero-order chi connectivity index (χ0) is 19.6. The molecular weight excluding hydrogens is 358 g/mol. The van der Waals surface area contributed by atoms with Gasteiger partial charge in [0, 0.05) is 23.9 Å². The molecule has 5 aromatic rings. The third-order valence-electron chi connectivity index (χ3n) is 5.03. The molecule has 29 heavy (non-hydrogen) atoms. The number of rotatable bonds is 4. The zero-order valence-electron chi connectivity index (χ0n) is 16.0. The number of fused-ring (bicyclic) bond motifs is 1. The van der Waals surface area contributed by atoms with Crippen LogP contribution < -0.4 is 4.90 Å². The molecular formula is C25H19N3O. The normalized spacial score (nSPS) is 10.9. The maximum absolute atomic E-state index is 6.29. The van der Waals surface area contributed by atoms with E-state index in [4.69, 9.17) is 4.42 Å².